The van der Waals surface area contributed by atoms with Crippen LogP contribution in [0.1, 0.15) is 34.6 Å². The fraction of sp³-hybridized carbons (Fsp3) is 0.143. The van der Waals surface area contributed by atoms with Crippen LogP contribution in [0, 0.1) is 0 Å². The van der Waals surface area contributed by atoms with Crippen LogP contribution in [-0.4, -0.2) is 20.9 Å². The van der Waals surface area contributed by atoms with Gasteiger partial charge in [-0.1, -0.05) is 24.3 Å². The number of nitrogens with zero attached hydrogens (tertiary/aromatic N) is 3. The molecule has 0 radical (unpaired) electrons. The van der Waals surface area contributed by atoms with E-state index in [0.29, 0.717) is 16.3 Å². The first-order valence-corrected chi connectivity index (χ1v) is 9.79. The van der Waals surface area contributed by atoms with E-state index in [-0.39, 0.29) is 5.69 Å². The summed E-state index contributed by atoms with van der Waals surface area (Å²) in [5.41, 5.74) is 0.744. The maximum atomic E-state index is 13.0. The molecule has 4 rings (SSSR count). The third-order valence-corrected chi connectivity index (χ3v) is 5.51. The molecule has 1 N–H and O–H groups in total. The molecule has 0 spiro atoms. The highest BCUT2D eigenvalue weighted by Crippen LogP contribution is 2.32. The number of amides is 1. The molecule has 0 bridgehead atoms. The van der Waals surface area contributed by atoms with E-state index in [1.54, 1.807) is 6.92 Å². The molecule has 0 aliphatic carbocycles. The molecular weight excluding hydrogens is 413 g/mol. The molecule has 2 heterocycles. The lowest BCUT2D eigenvalue weighted by Gasteiger charge is -2.16. The first-order valence-electron chi connectivity index (χ1n) is 8.98. The van der Waals surface area contributed by atoms with E-state index in [0.717, 1.165) is 22.3 Å². The largest absolute Gasteiger partial charge is 0.416 e. The number of carbonyl (C=O) groups excluding carboxylic acids is 1. The van der Waals surface area contributed by atoms with E-state index < -0.39 is 23.7 Å². The van der Waals surface area contributed by atoms with Gasteiger partial charge in [-0.05, 0) is 36.8 Å². The number of benzene rings is 2. The summed E-state index contributed by atoms with van der Waals surface area (Å²) in [7, 11) is 0. The lowest BCUT2D eigenvalue weighted by molar-refractivity contribution is -0.137. The van der Waals surface area contributed by atoms with Gasteiger partial charge in [0.15, 0.2) is 5.69 Å². The molecule has 0 aliphatic heterocycles. The number of thiazole rings is 1. The highest BCUT2D eigenvalue weighted by atomic mass is 32.1. The maximum Gasteiger partial charge on any atom is 0.416 e. The van der Waals surface area contributed by atoms with Gasteiger partial charge in [-0.2, -0.15) is 13.2 Å². The summed E-state index contributed by atoms with van der Waals surface area (Å²) in [6, 6.07) is 11.7. The lowest BCUT2D eigenvalue weighted by Crippen LogP contribution is -2.28. The summed E-state index contributed by atoms with van der Waals surface area (Å²) >= 11 is 1.38. The molecule has 0 saturated carbocycles. The van der Waals surface area contributed by atoms with Crippen molar-refractivity contribution in [3.05, 3.63) is 77.7 Å². The summed E-state index contributed by atoms with van der Waals surface area (Å²) in [6.45, 7) is 1.61. The minimum absolute atomic E-state index is 0.0652. The third-order valence-electron chi connectivity index (χ3n) is 4.47. The van der Waals surface area contributed by atoms with Gasteiger partial charge < -0.3 is 5.32 Å². The van der Waals surface area contributed by atoms with Gasteiger partial charge in [-0.3, -0.25) is 4.79 Å². The third kappa shape index (κ3) is 4.02. The van der Waals surface area contributed by atoms with Crippen LogP contribution < -0.4 is 5.32 Å². The van der Waals surface area contributed by atoms with Crippen molar-refractivity contribution in [3.8, 4) is 10.7 Å². The molecule has 0 saturated heterocycles. The summed E-state index contributed by atoms with van der Waals surface area (Å²) in [4.78, 5) is 25.8. The predicted molar refractivity (Wildman–Crippen MR) is 108 cm³/mol. The number of alkyl halides is 3. The number of para-hydroxylation sites is 1. The van der Waals surface area contributed by atoms with E-state index in [9.17, 15) is 18.0 Å². The van der Waals surface area contributed by atoms with Gasteiger partial charge in [0, 0.05) is 12.4 Å². The molecule has 30 heavy (non-hydrogen) atoms. The Hall–Kier alpha value is -3.33. The average molecular weight is 428 g/mol. The second kappa shape index (κ2) is 7.83. The van der Waals surface area contributed by atoms with Crippen LogP contribution in [0.5, 0.6) is 0 Å². The van der Waals surface area contributed by atoms with E-state index in [2.05, 4.69) is 20.3 Å². The number of carbonyl (C=O) groups is 1. The standard InChI is InChI=1S/C21H15F3N4OS/c1-12(13-5-4-6-14(11-13)21(22,23)24)27-19(29)17-18(26-10-9-25-17)20-28-15-7-2-3-8-16(15)30-20/h2-12H,1H3,(H,27,29). The lowest BCUT2D eigenvalue weighted by atomic mass is 10.0. The van der Waals surface area contributed by atoms with Gasteiger partial charge in [-0.15, -0.1) is 11.3 Å². The second-order valence-electron chi connectivity index (χ2n) is 6.56. The number of halogens is 3. The van der Waals surface area contributed by atoms with Crippen molar-refractivity contribution in [2.75, 3.05) is 0 Å². The number of fused-ring (bicyclic) bond motifs is 1. The quantitative estimate of drug-likeness (QED) is 0.481. The zero-order valence-corrected chi connectivity index (χ0v) is 16.5. The molecule has 1 amide bonds. The molecular formula is C21H15F3N4OS. The molecule has 0 fully saturated rings. The Morgan fingerprint density at radius 2 is 1.83 bits per heavy atom. The minimum atomic E-state index is -4.45. The Bertz CT molecular complexity index is 1190. The van der Waals surface area contributed by atoms with Crippen LogP contribution in [0.25, 0.3) is 20.9 Å². The van der Waals surface area contributed by atoms with Crippen LogP contribution in [0.3, 0.4) is 0 Å². The molecule has 152 valence electrons. The molecule has 2 aromatic carbocycles. The number of aromatic nitrogens is 3. The summed E-state index contributed by atoms with van der Waals surface area (Å²) in [6.07, 6.45) is -1.60. The van der Waals surface area contributed by atoms with Crippen molar-refractivity contribution >= 4 is 27.5 Å². The SMILES string of the molecule is CC(NC(=O)c1nccnc1-c1nc2ccccc2s1)c1cccc(C(F)(F)F)c1. The van der Waals surface area contributed by atoms with Crippen molar-refractivity contribution in [2.24, 2.45) is 0 Å². The molecule has 1 unspecified atom stereocenters. The van der Waals surface area contributed by atoms with E-state index in [1.165, 1.54) is 35.9 Å². The molecule has 4 aromatic rings. The molecule has 0 aliphatic rings. The Morgan fingerprint density at radius 1 is 1.07 bits per heavy atom. The zero-order valence-electron chi connectivity index (χ0n) is 15.6. The first kappa shape index (κ1) is 20.0. The highest BCUT2D eigenvalue weighted by Gasteiger charge is 2.31. The maximum absolute atomic E-state index is 13.0. The normalized spacial score (nSPS) is 12.7. The van der Waals surface area contributed by atoms with Gasteiger partial charge in [-0.25, -0.2) is 15.0 Å². The van der Waals surface area contributed by atoms with Crippen LogP contribution in [0.15, 0.2) is 60.9 Å². The van der Waals surface area contributed by atoms with E-state index >= 15 is 0 Å². The van der Waals surface area contributed by atoms with Crippen LogP contribution in [-0.2, 0) is 6.18 Å². The van der Waals surface area contributed by atoms with Crippen molar-refractivity contribution < 1.29 is 18.0 Å². The first-order chi connectivity index (χ1) is 14.3. The second-order valence-corrected chi connectivity index (χ2v) is 7.59. The summed E-state index contributed by atoms with van der Waals surface area (Å²) in [5.74, 6) is -0.540. The van der Waals surface area contributed by atoms with Crippen LogP contribution in [0.2, 0.25) is 0 Å². The number of nitrogens with one attached hydrogen (secondary N) is 1. The molecule has 5 nitrogen and oxygen atoms in total. The van der Waals surface area contributed by atoms with E-state index in [1.807, 2.05) is 24.3 Å². The van der Waals surface area contributed by atoms with Crippen LogP contribution in [0.4, 0.5) is 13.2 Å². The van der Waals surface area contributed by atoms with Crippen LogP contribution >= 0.6 is 11.3 Å². The van der Waals surface area contributed by atoms with Gasteiger partial charge in [0.05, 0.1) is 21.8 Å². The number of hydrogen-bond acceptors (Lipinski definition) is 5. The molecule has 2 aromatic heterocycles. The summed E-state index contributed by atoms with van der Waals surface area (Å²) < 4.78 is 39.9. The van der Waals surface area contributed by atoms with Crippen molar-refractivity contribution in [1.82, 2.24) is 20.3 Å². The van der Waals surface area contributed by atoms with Gasteiger partial charge >= 0.3 is 6.18 Å². The average Bonchev–Trinajstić information content (AvgIpc) is 3.17. The Balaban J connectivity index is 1.62. The number of hydrogen-bond donors (Lipinski definition) is 1. The van der Waals surface area contributed by atoms with Gasteiger partial charge in [0.25, 0.3) is 5.91 Å². The van der Waals surface area contributed by atoms with Gasteiger partial charge in [0.2, 0.25) is 0 Å². The fourth-order valence-electron chi connectivity index (χ4n) is 2.97. The van der Waals surface area contributed by atoms with Gasteiger partial charge in [0.1, 0.15) is 10.7 Å². The topological polar surface area (TPSA) is 67.8 Å². The highest BCUT2D eigenvalue weighted by molar-refractivity contribution is 7.21. The molecule has 1 atom stereocenters. The minimum Gasteiger partial charge on any atom is -0.344 e. The smallest absolute Gasteiger partial charge is 0.344 e. The number of rotatable bonds is 4. The zero-order chi connectivity index (χ0) is 21.3. The van der Waals surface area contributed by atoms with E-state index in [4.69, 9.17) is 0 Å². The molecule has 9 heteroatoms. The Labute approximate surface area is 173 Å². The summed E-state index contributed by atoms with van der Waals surface area (Å²) in [5, 5.41) is 3.25. The Kier molecular flexibility index (Phi) is 5.21. The van der Waals surface area contributed by atoms with Crippen molar-refractivity contribution in [1.29, 1.82) is 0 Å². The van der Waals surface area contributed by atoms with Crippen molar-refractivity contribution in [2.45, 2.75) is 19.1 Å². The Morgan fingerprint density at radius 3 is 2.60 bits per heavy atom. The fourth-order valence-corrected chi connectivity index (χ4v) is 3.93. The van der Waals surface area contributed by atoms with Crippen molar-refractivity contribution in [3.63, 3.8) is 0 Å². The monoisotopic (exact) mass is 428 g/mol. The predicted octanol–water partition coefficient (Wildman–Crippen LogP) is 5.26.